The van der Waals surface area contributed by atoms with Gasteiger partial charge in [0.15, 0.2) is 0 Å². The van der Waals surface area contributed by atoms with Crippen molar-refractivity contribution in [2.24, 2.45) is 0 Å². The summed E-state index contributed by atoms with van der Waals surface area (Å²) in [6, 6.07) is 0. The lowest BCUT2D eigenvalue weighted by Crippen LogP contribution is -1.66. The van der Waals surface area contributed by atoms with Crippen LogP contribution in [0.5, 0.6) is 0 Å². The quantitative estimate of drug-likeness (QED) is 0.648. The fraction of sp³-hybridized carbons (Fsp3) is 0. The summed E-state index contributed by atoms with van der Waals surface area (Å²) in [6.07, 6.45) is 1.48. The fourth-order valence-electron chi connectivity index (χ4n) is 0.298. The Hall–Kier alpha value is -0.640. The van der Waals surface area contributed by atoms with Crippen LogP contribution in [0, 0.1) is 0 Å². The monoisotopic (exact) mass is 174 g/mol. The zero-order valence-electron chi connectivity index (χ0n) is 3.97. The molecule has 0 unspecified atom stereocenters. The van der Waals surface area contributed by atoms with E-state index in [1.165, 1.54) is 6.08 Å². The van der Waals surface area contributed by atoms with Gasteiger partial charge >= 0.3 is 0 Å². The van der Waals surface area contributed by atoms with Crippen molar-refractivity contribution < 1.29 is 4.42 Å². The van der Waals surface area contributed by atoms with Crippen molar-refractivity contribution in [2.75, 3.05) is 0 Å². The van der Waals surface area contributed by atoms with Crippen molar-refractivity contribution in [2.45, 2.75) is 0 Å². The number of hydrogen-bond donors (Lipinski definition) is 0. The minimum Gasteiger partial charge on any atom is -0.412 e. The van der Waals surface area contributed by atoms with Crippen LogP contribution < -0.4 is 0 Å². The normalized spacial score (nSPS) is 9.12. The molecule has 0 amide bonds. The van der Waals surface area contributed by atoms with E-state index >= 15 is 0 Å². The van der Waals surface area contributed by atoms with Crippen LogP contribution in [0.1, 0.15) is 5.89 Å². The van der Waals surface area contributed by atoms with Gasteiger partial charge < -0.3 is 4.42 Å². The molecule has 1 rings (SSSR count). The van der Waals surface area contributed by atoms with Gasteiger partial charge in [-0.3, -0.25) is 0 Å². The number of rotatable bonds is 1. The molecule has 0 spiro atoms. The fourth-order valence-corrected chi connectivity index (χ4v) is 0.543. The van der Waals surface area contributed by atoms with Crippen LogP contribution in [-0.2, 0) is 0 Å². The summed E-state index contributed by atoms with van der Waals surface area (Å²) in [4.78, 5) is 0.382. The van der Waals surface area contributed by atoms with Gasteiger partial charge in [-0.1, -0.05) is 6.58 Å². The molecule has 42 valence electrons. The van der Waals surface area contributed by atoms with E-state index in [0.29, 0.717) is 10.7 Å². The highest BCUT2D eigenvalue weighted by atomic mass is 79.9. The molecule has 0 atom stereocenters. The molecule has 1 aromatic heterocycles. The first-order chi connectivity index (χ1) is 3.83. The second-order valence-corrected chi connectivity index (χ2v) is 1.78. The third-order valence-corrected chi connectivity index (χ3v) is 0.911. The van der Waals surface area contributed by atoms with Crippen LogP contribution in [0.2, 0.25) is 0 Å². The molecule has 0 saturated carbocycles. The number of aromatic nitrogens is 2. The van der Waals surface area contributed by atoms with Crippen LogP contribution in [0.15, 0.2) is 15.8 Å². The second kappa shape index (κ2) is 2.09. The van der Waals surface area contributed by atoms with E-state index in [0.717, 1.165) is 0 Å². The van der Waals surface area contributed by atoms with E-state index in [9.17, 15) is 0 Å². The molecule has 0 aromatic carbocycles. The molecule has 3 nitrogen and oxygen atoms in total. The van der Waals surface area contributed by atoms with Gasteiger partial charge in [0.25, 0.3) is 4.80 Å². The summed E-state index contributed by atoms with van der Waals surface area (Å²) < 4.78 is 4.81. The summed E-state index contributed by atoms with van der Waals surface area (Å²) in [5, 5.41) is 7.07. The molecule has 0 aliphatic rings. The molecule has 0 aliphatic heterocycles. The van der Waals surface area contributed by atoms with Crippen molar-refractivity contribution in [1.29, 1.82) is 0 Å². The van der Waals surface area contributed by atoms with Gasteiger partial charge in [-0.25, -0.2) is 0 Å². The molecule has 0 aliphatic carbocycles. The predicted molar refractivity (Wildman–Crippen MR) is 32.1 cm³/mol. The molecule has 1 heterocycles. The van der Waals surface area contributed by atoms with Crippen LogP contribution in [-0.4, -0.2) is 10.2 Å². The average molecular weight is 175 g/mol. The maximum Gasteiger partial charge on any atom is 0.284 e. The summed E-state index contributed by atoms with van der Waals surface area (Å²) >= 11 is 2.98. The van der Waals surface area contributed by atoms with E-state index in [1.807, 2.05) is 0 Å². The van der Waals surface area contributed by atoms with Crippen molar-refractivity contribution in [3.63, 3.8) is 0 Å². The zero-order chi connectivity index (χ0) is 5.98. The molecular weight excluding hydrogens is 172 g/mol. The summed E-state index contributed by atoms with van der Waals surface area (Å²) in [7, 11) is 0. The Balaban J connectivity index is 3.00. The Morgan fingerprint density at radius 3 is 2.62 bits per heavy atom. The Morgan fingerprint density at radius 1 is 1.62 bits per heavy atom. The van der Waals surface area contributed by atoms with Crippen LogP contribution >= 0.6 is 15.9 Å². The number of halogens is 1. The van der Waals surface area contributed by atoms with E-state index in [1.54, 1.807) is 0 Å². The van der Waals surface area contributed by atoms with Gasteiger partial charge in [-0.15, -0.1) is 10.2 Å². The lowest BCUT2D eigenvalue weighted by Gasteiger charge is -1.71. The van der Waals surface area contributed by atoms with Crippen LogP contribution in [0.25, 0.3) is 6.08 Å². The molecule has 4 heteroatoms. The van der Waals surface area contributed by atoms with Gasteiger partial charge in [0.05, 0.1) is 0 Å². The largest absolute Gasteiger partial charge is 0.412 e. The van der Waals surface area contributed by atoms with E-state index in [2.05, 4.69) is 32.7 Å². The second-order valence-electron chi connectivity index (χ2n) is 1.10. The Kier molecular flexibility index (Phi) is 1.43. The van der Waals surface area contributed by atoms with Crippen molar-refractivity contribution in [3.05, 3.63) is 17.3 Å². The smallest absolute Gasteiger partial charge is 0.284 e. The van der Waals surface area contributed by atoms with Crippen molar-refractivity contribution in [1.82, 2.24) is 10.2 Å². The number of hydrogen-bond acceptors (Lipinski definition) is 3. The SMILES string of the molecule is C=Cc1nnc(Br)o1. The highest BCUT2D eigenvalue weighted by Gasteiger charge is 1.94. The van der Waals surface area contributed by atoms with Gasteiger partial charge in [-0.05, 0) is 6.08 Å². The Morgan fingerprint density at radius 2 is 2.38 bits per heavy atom. The molecule has 1 aromatic rings. The minimum absolute atomic E-state index is 0.382. The van der Waals surface area contributed by atoms with Crippen molar-refractivity contribution in [3.8, 4) is 0 Å². The van der Waals surface area contributed by atoms with E-state index in [4.69, 9.17) is 4.42 Å². The third kappa shape index (κ3) is 0.949. The highest BCUT2D eigenvalue weighted by Crippen LogP contribution is 2.06. The first-order valence-electron chi connectivity index (χ1n) is 1.94. The lowest BCUT2D eigenvalue weighted by atomic mass is 10.7. The van der Waals surface area contributed by atoms with Gasteiger partial charge in [0.2, 0.25) is 5.89 Å². The first-order valence-corrected chi connectivity index (χ1v) is 2.73. The van der Waals surface area contributed by atoms with E-state index in [-0.39, 0.29) is 0 Å². The van der Waals surface area contributed by atoms with Crippen LogP contribution in [0.4, 0.5) is 0 Å². The first kappa shape index (κ1) is 5.50. The molecule has 0 N–H and O–H groups in total. The minimum atomic E-state index is 0.382. The molecular formula is C4H3BrN2O. The molecule has 0 saturated heterocycles. The van der Waals surface area contributed by atoms with E-state index < -0.39 is 0 Å². The van der Waals surface area contributed by atoms with Gasteiger partial charge in [0.1, 0.15) is 0 Å². The maximum absolute atomic E-state index is 4.81. The van der Waals surface area contributed by atoms with Gasteiger partial charge in [-0.2, -0.15) is 0 Å². The lowest BCUT2D eigenvalue weighted by molar-refractivity contribution is 0.516. The molecule has 0 fully saturated rings. The standard InChI is InChI=1S/C4H3BrN2O/c1-2-3-6-7-4(5)8-3/h2H,1H2. The van der Waals surface area contributed by atoms with Crippen LogP contribution in [0.3, 0.4) is 0 Å². The van der Waals surface area contributed by atoms with Crippen molar-refractivity contribution >= 4 is 22.0 Å². The molecule has 0 bridgehead atoms. The number of nitrogens with zero attached hydrogens (tertiary/aromatic N) is 2. The average Bonchev–Trinajstić information content (AvgIpc) is 2.14. The summed E-state index contributed by atoms with van der Waals surface area (Å²) in [5.74, 6) is 0.428. The van der Waals surface area contributed by atoms with Gasteiger partial charge in [0, 0.05) is 15.9 Å². The predicted octanol–water partition coefficient (Wildman–Crippen LogP) is 1.48. The summed E-state index contributed by atoms with van der Waals surface area (Å²) in [5.41, 5.74) is 0. The zero-order valence-corrected chi connectivity index (χ0v) is 5.55. The molecule has 8 heavy (non-hydrogen) atoms. The third-order valence-electron chi connectivity index (χ3n) is 0.591. The Labute approximate surface area is 54.5 Å². The molecule has 0 radical (unpaired) electrons. The summed E-state index contributed by atoms with van der Waals surface area (Å²) in [6.45, 7) is 3.43. The Bertz CT molecular complexity index is 196. The maximum atomic E-state index is 4.81. The topological polar surface area (TPSA) is 38.9 Å². The highest BCUT2D eigenvalue weighted by molar-refractivity contribution is 9.10.